The molecule has 1 aromatic heterocycles. The Morgan fingerprint density at radius 2 is 2.00 bits per heavy atom. The minimum absolute atomic E-state index is 0.0884. The highest BCUT2D eigenvalue weighted by molar-refractivity contribution is 7.98. The van der Waals surface area contributed by atoms with Crippen LogP contribution in [0.2, 0.25) is 5.02 Å². The number of halogens is 1. The fraction of sp³-hybridized carbons (Fsp3) is 0.200. The number of nitrogens with zero attached hydrogens (tertiary/aromatic N) is 4. The predicted octanol–water partition coefficient (Wildman–Crippen LogP) is 5.46. The lowest BCUT2D eigenvalue weighted by Gasteiger charge is -2.16. The van der Waals surface area contributed by atoms with E-state index >= 15 is 0 Å². The van der Waals surface area contributed by atoms with Crippen molar-refractivity contribution in [3.05, 3.63) is 87.7 Å². The van der Waals surface area contributed by atoms with E-state index in [0.717, 1.165) is 0 Å². The van der Waals surface area contributed by atoms with Gasteiger partial charge in [0.1, 0.15) is 5.75 Å². The quantitative estimate of drug-likeness (QED) is 0.194. The molecule has 0 aliphatic rings. The van der Waals surface area contributed by atoms with E-state index in [0.29, 0.717) is 39.6 Å². The largest absolute Gasteiger partial charge is 0.481 e. The lowest BCUT2D eigenvalue weighted by atomic mass is 10.2. The average Bonchev–Trinajstić information content (AvgIpc) is 3.11. The first kappa shape index (κ1) is 20.9. The maximum Gasteiger partial charge on any atom is 0.273 e. The summed E-state index contributed by atoms with van der Waals surface area (Å²) >= 11 is 7.55. The molecule has 2 aromatic carbocycles. The monoisotopic (exact) mass is 430 g/mol. The van der Waals surface area contributed by atoms with E-state index in [4.69, 9.17) is 16.3 Å². The number of benzene rings is 2. The molecular weight excluding hydrogens is 412 g/mol. The van der Waals surface area contributed by atoms with Crippen LogP contribution in [0.5, 0.6) is 5.75 Å². The van der Waals surface area contributed by atoms with Gasteiger partial charge >= 0.3 is 0 Å². The summed E-state index contributed by atoms with van der Waals surface area (Å²) in [4.78, 5) is 10.8. The number of para-hydroxylation sites is 2. The van der Waals surface area contributed by atoms with Gasteiger partial charge in [-0.15, -0.1) is 16.8 Å². The molecule has 0 radical (unpaired) electrons. The van der Waals surface area contributed by atoms with Crippen LogP contribution < -0.4 is 4.74 Å². The van der Waals surface area contributed by atoms with Crippen molar-refractivity contribution < 1.29 is 9.66 Å². The lowest BCUT2D eigenvalue weighted by Crippen LogP contribution is -2.12. The Morgan fingerprint density at radius 3 is 2.72 bits per heavy atom. The second-order valence-corrected chi connectivity index (χ2v) is 7.45. The average molecular weight is 431 g/mol. The van der Waals surface area contributed by atoms with Crippen LogP contribution in [0.4, 0.5) is 5.69 Å². The van der Waals surface area contributed by atoms with E-state index in [9.17, 15) is 10.1 Å². The Bertz CT molecular complexity index is 1020. The fourth-order valence-electron chi connectivity index (χ4n) is 2.74. The first-order chi connectivity index (χ1) is 14.0. The van der Waals surface area contributed by atoms with E-state index in [2.05, 4.69) is 16.8 Å². The smallest absolute Gasteiger partial charge is 0.273 e. The molecule has 7 nitrogen and oxygen atoms in total. The van der Waals surface area contributed by atoms with Crippen molar-refractivity contribution >= 4 is 29.1 Å². The highest BCUT2D eigenvalue weighted by atomic mass is 35.5. The summed E-state index contributed by atoms with van der Waals surface area (Å²) in [6.45, 7) is 6.14. The number of hydrogen-bond acceptors (Lipinski definition) is 6. The predicted molar refractivity (Wildman–Crippen MR) is 113 cm³/mol. The van der Waals surface area contributed by atoms with Crippen molar-refractivity contribution in [3.8, 4) is 5.75 Å². The van der Waals surface area contributed by atoms with Crippen LogP contribution in [0.15, 0.2) is 66.3 Å². The third-order valence-electron chi connectivity index (χ3n) is 4.11. The van der Waals surface area contributed by atoms with Crippen molar-refractivity contribution in [3.63, 3.8) is 0 Å². The second kappa shape index (κ2) is 9.58. The minimum Gasteiger partial charge on any atom is -0.481 e. The van der Waals surface area contributed by atoms with Crippen LogP contribution in [-0.2, 0) is 12.3 Å². The van der Waals surface area contributed by atoms with Gasteiger partial charge in [-0.3, -0.25) is 14.7 Å². The van der Waals surface area contributed by atoms with Crippen LogP contribution in [0.1, 0.15) is 24.4 Å². The van der Waals surface area contributed by atoms with Crippen molar-refractivity contribution in [1.29, 1.82) is 0 Å². The summed E-state index contributed by atoms with van der Waals surface area (Å²) in [5.74, 6) is 1.57. The number of nitro benzene ring substituents is 1. The van der Waals surface area contributed by atoms with E-state index in [1.54, 1.807) is 36.4 Å². The zero-order valence-electron chi connectivity index (χ0n) is 15.7. The number of hydrogen-bond donors (Lipinski definition) is 0. The van der Waals surface area contributed by atoms with E-state index < -0.39 is 6.10 Å². The van der Waals surface area contributed by atoms with Crippen LogP contribution in [0.25, 0.3) is 0 Å². The Hall–Kier alpha value is -2.84. The molecule has 0 fully saturated rings. The number of thioether (sulfide) groups is 1. The van der Waals surface area contributed by atoms with Crippen LogP contribution >= 0.6 is 23.4 Å². The summed E-state index contributed by atoms with van der Waals surface area (Å²) in [7, 11) is 0. The topological polar surface area (TPSA) is 83.1 Å². The van der Waals surface area contributed by atoms with Crippen LogP contribution in [0.3, 0.4) is 0 Å². The molecule has 9 heteroatoms. The Balaban J connectivity index is 1.81. The van der Waals surface area contributed by atoms with E-state index in [-0.39, 0.29) is 10.6 Å². The molecular formula is C20H19ClN4O3S. The Labute approximate surface area is 177 Å². The molecule has 29 heavy (non-hydrogen) atoms. The minimum atomic E-state index is -0.400. The number of allylic oxidation sites excluding steroid dienone is 1. The van der Waals surface area contributed by atoms with Gasteiger partial charge in [0.05, 0.1) is 9.95 Å². The Morgan fingerprint density at radius 1 is 1.28 bits per heavy atom. The van der Waals surface area contributed by atoms with Crippen molar-refractivity contribution in [2.24, 2.45) is 0 Å². The summed E-state index contributed by atoms with van der Waals surface area (Å²) in [5.41, 5.74) is 0.711. The first-order valence-electron chi connectivity index (χ1n) is 8.81. The highest BCUT2D eigenvalue weighted by Gasteiger charge is 2.21. The molecule has 1 heterocycles. The zero-order valence-corrected chi connectivity index (χ0v) is 17.3. The maximum absolute atomic E-state index is 11.2. The molecule has 0 spiro atoms. The molecule has 0 amide bonds. The van der Waals surface area contributed by atoms with E-state index in [1.807, 2.05) is 23.6 Å². The molecule has 0 saturated heterocycles. The van der Waals surface area contributed by atoms with Crippen molar-refractivity contribution in [2.45, 2.75) is 30.5 Å². The first-order valence-corrected chi connectivity index (χ1v) is 10.2. The lowest BCUT2D eigenvalue weighted by molar-refractivity contribution is -0.385. The molecule has 3 rings (SSSR count). The van der Waals surface area contributed by atoms with Gasteiger partial charge in [0.15, 0.2) is 17.1 Å². The number of aromatic nitrogens is 3. The number of rotatable bonds is 9. The third kappa shape index (κ3) is 4.96. The molecule has 3 aromatic rings. The van der Waals surface area contributed by atoms with Crippen LogP contribution in [0, 0.1) is 10.1 Å². The third-order valence-corrected chi connectivity index (χ3v) is 5.43. The van der Waals surface area contributed by atoms with Crippen LogP contribution in [-0.4, -0.2) is 19.7 Å². The molecule has 0 bridgehead atoms. The molecule has 150 valence electrons. The zero-order chi connectivity index (χ0) is 20.8. The molecule has 0 N–H and O–H groups in total. The maximum atomic E-state index is 11.2. The Kier molecular flexibility index (Phi) is 6.90. The van der Waals surface area contributed by atoms with E-state index in [1.165, 1.54) is 17.8 Å². The fourth-order valence-corrected chi connectivity index (χ4v) is 3.88. The molecule has 1 unspecified atom stereocenters. The number of nitro groups is 1. The SMILES string of the molecule is C=CCn1c(SCc2ccccc2[N+](=O)[O-])nnc1C(C)Oc1ccccc1Cl. The molecule has 0 aliphatic carbocycles. The summed E-state index contributed by atoms with van der Waals surface area (Å²) in [5, 5.41) is 20.9. The van der Waals surface area contributed by atoms with Gasteiger partial charge < -0.3 is 4.74 Å². The summed E-state index contributed by atoms with van der Waals surface area (Å²) < 4.78 is 7.84. The van der Waals surface area contributed by atoms with Gasteiger partial charge in [-0.05, 0) is 19.1 Å². The van der Waals surface area contributed by atoms with Gasteiger partial charge in [0.2, 0.25) is 0 Å². The normalized spacial score (nSPS) is 11.8. The summed E-state index contributed by atoms with van der Waals surface area (Å²) in [6.07, 6.45) is 1.34. The van der Waals surface area contributed by atoms with Gasteiger partial charge in [-0.25, -0.2) is 0 Å². The van der Waals surface area contributed by atoms with Gasteiger partial charge in [0.25, 0.3) is 5.69 Å². The molecule has 0 saturated carbocycles. The molecule has 0 aliphatic heterocycles. The van der Waals surface area contributed by atoms with Gasteiger partial charge in [-0.1, -0.05) is 59.8 Å². The number of ether oxygens (including phenoxy) is 1. The second-order valence-electron chi connectivity index (χ2n) is 6.11. The highest BCUT2D eigenvalue weighted by Crippen LogP contribution is 2.31. The van der Waals surface area contributed by atoms with Crippen molar-refractivity contribution in [1.82, 2.24) is 14.8 Å². The van der Waals surface area contributed by atoms with Crippen molar-refractivity contribution in [2.75, 3.05) is 0 Å². The standard InChI is InChI=1S/C20H19ClN4O3S/c1-3-12-24-19(14(2)28-18-11-7-5-9-16(18)21)22-23-20(24)29-13-15-8-4-6-10-17(15)25(26)27/h3-11,14H,1,12-13H2,2H3. The molecule has 1 atom stereocenters. The van der Waals surface area contributed by atoms with Gasteiger partial charge in [0, 0.05) is 23.9 Å². The van der Waals surface area contributed by atoms with Gasteiger partial charge in [-0.2, -0.15) is 0 Å². The summed E-state index contributed by atoms with van der Waals surface area (Å²) in [6, 6.07) is 13.9.